The van der Waals surface area contributed by atoms with Crippen molar-refractivity contribution in [3.63, 3.8) is 0 Å². The molecule has 0 aliphatic carbocycles. The lowest BCUT2D eigenvalue weighted by Gasteiger charge is -2.43. The van der Waals surface area contributed by atoms with Gasteiger partial charge in [0.25, 0.3) is 8.32 Å². The van der Waals surface area contributed by atoms with E-state index in [0.29, 0.717) is 12.2 Å². The summed E-state index contributed by atoms with van der Waals surface area (Å²) in [5, 5.41) is 2.49. The molecule has 0 atom stereocenters. The highest BCUT2D eigenvalue weighted by Crippen LogP contribution is 2.36. The van der Waals surface area contributed by atoms with Crippen molar-refractivity contribution in [1.29, 1.82) is 0 Å². The Bertz CT molecular complexity index is 910. The van der Waals surface area contributed by atoms with E-state index in [2.05, 4.69) is 69.3 Å². The summed E-state index contributed by atoms with van der Waals surface area (Å²) in [7, 11) is -2.53. The highest BCUT2D eigenvalue weighted by molar-refractivity contribution is 6.99. The normalized spacial score (nSPS) is 12.0. The van der Waals surface area contributed by atoms with Gasteiger partial charge in [-0.2, -0.15) is 0 Å². The fourth-order valence-corrected chi connectivity index (χ4v) is 8.53. The molecule has 0 unspecified atom stereocenters. The molecular formula is C25H29NO2Si. The van der Waals surface area contributed by atoms with Crippen molar-refractivity contribution in [2.24, 2.45) is 5.73 Å². The van der Waals surface area contributed by atoms with E-state index >= 15 is 0 Å². The molecule has 0 aliphatic rings. The minimum absolute atomic E-state index is 0.0508. The van der Waals surface area contributed by atoms with Gasteiger partial charge in [0, 0.05) is 12.2 Å². The summed E-state index contributed by atoms with van der Waals surface area (Å²) in [6.45, 7) is 7.39. The van der Waals surface area contributed by atoms with Crippen molar-refractivity contribution in [2.45, 2.75) is 32.2 Å². The van der Waals surface area contributed by atoms with Gasteiger partial charge in [-0.1, -0.05) is 93.6 Å². The average molecular weight is 404 g/mol. The highest BCUT2D eigenvalue weighted by Gasteiger charge is 2.49. The summed E-state index contributed by atoms with van der Waals surface area (Å²) < 4.78 is 6.89. The Kier molecular flexibility index (Phi) is 6.35. The van der Waals surface area contributed by atoms with Crippen LogP contribution in [0.4, 0.5) is 0 Å². The van der Waals surface area contributed by atoms with Crippen molar-refractivity contribution < 1.29 is 9.22 Å². The Morgan fingerprint density at radius 1 is 0.862 bits per heavy atom. The molecule has 0 fully saturated rings. The van der Waals surface area contributed by atoms with Crippen LogP contribution in [0.15, 0.2) is 84.9 Å². The molecule has 2 N–H and O–H groups in total. The van der Waals surface area contributed by atoms with Crippen LogP contribution in [0.5, 0.6) is 0 Å². The van der Waals surface area contributed by atoms with E-state index in [1.165, 1.54) is 10.4 Å². The molecule has 0 aliphatic heterocycles. The zero-order chi connectivity index (χ0) is 20.9. The summed E-state index contributed by atoms with van der Waals surface area (Å²) in [4.78, 5) is 11.5. The Morgan fingerprint density at radius 3 is 1.90 bits per heavy atom. The Balaban J connectivity index is 1.96. The quantitative estimate of drug-likeness (QED) is 0.608. The number of rotatable bonds is 7. The first-order valence-electron chi connectivity index (χ1n) is 9.98. The zero-order valence-corrected chi connectivity index (χ0v) is 18.4. The van der Waals surface area contributed by atoms with Crippen molar-refractivity contribution >= 4 is 24.6 Å². The predicted molar refractivity (Wildman–Crippen MR) is 122 cm³/mol. The predicted octanol–water partition coefficient (Wildman–Crippen LogP) is 3.90. The number of hydrogen-bond donors (Lipinski definition) is 1. The number of carbonyl (C=O) groups is 1. The first-order valence-corrected chi connectivity index (χ1v) is 11.9. The van der Waals surface area contributed by atoms with Crippen molar-refractivity contribution in [1.82, 2.24) is 0 Å². The maximum atomic E-state index is 11.5. The van der Waals surface area contributed by atoms with E-state index in [0.717, 1.165) is 12.0 Å². The van der Waals surface area contributed by atoms with Gasteiger partial charge in [-0.05, 0) is 39.5 Å². The van der Waals surface area contributed by atoms with E-state index in [4.69, 9.17) is 10.2 Å². The van der Waals surface area contributed by atoms with Crippen LogP contribution < -0.4 is 16.1 Å². The number of primary amides is 1. The van der Waals surface area contributed by atoms with Gasteiger partial charge >= 0.3 is 0 Å². The molecule has 1 amide bonds. The van der Waals surface area contributed by atoms with Crippen LogP contribution >= 0.6 is 0 Å². The van der Waals surface area contributed by atoms with Crippen LogP contribution in [-0.2, 0) is 10.8 Å². The minimum Gasteiger partial charge on any atom is -0.407 e. The maximum Gasteiger partial charge on any atom is 0.261 e. The topological polar surface area (TPSA) is 52.3 Å². The van der Waals surface area contributed by atoms with Gasteiger partial charge in [-0.3, -0.25) is 4.79 Å². The number of nitrogens with two attached hydrogens (primary N) is 1. The smallest absolute Gasteiger partial charge is 0.261 e. The Labute approximate surface area is 174 Å². The fourth-order valence-electron chi connectivity index (χ4n) is 3.96. The van der Waals surface area contributed by atoms with Crippen LogP contribution in [0.3, 0.4) is 0 Å². The Hall–Kier alpha value is -2.69. The lowest BCUT2D eigenvalue weighted by atomic mass is 10.1. The largest absolute Gasteiger partial charge is 0.407 e. The summed E-state index contributed by atoms with van der Waals surface area (Å²) in [5.41, 5.74) is 7.02. The molecule has 0 radical (unpaired) electrons. The molecule has 4 heteroatoms. The van der Waals surface area contributed by atoms with Gasteiger partial charge in [0.05, 0.1) is 0 Å². The third-order valence-electron chi connectivity index (χ3n) is 5.34. The monoisotopic (exact) mass is 403 g/mol. The second-order valence-corrected chi connectivity index (χ2v) is 12.6. The van der Waals surface area contributed by atoms with E-state index in [1.54, 1.807) is 6.07 Å². The van der Waals surface area contributed by atoms with E-state index < -0.39 is 14.2 Å². The molecule has 0 spiro atoms. The van der Waals surface area contributed by atoms with Crippen molar-refractivity contribution in [3.8, 4) is 0 Å². The summed E-state index contributed by atoms with van der Waals surface area (Å²) in [5.74, 6) is -0.403. The number of amides is 1. The number of carbonyl (C=O) groups excluding carboxylic acids is 1. The lowest BCUT2D eigenvalue weighted by molar-refractivity contribution is 0.1000. The van der Waals surface area contributed by atoms with E-state index in [-0.39, 0.29) is 5.04 Å². The number of benzene rings is 3. The summed E-state index contributed by atoms with van der Waals surface area (Å²) in [6, 6.07) is 28.7. The van der Waals surface area contributed by atoms with Gasteiger partial charge in [0.1, 0.15) is 0 Å². The SMILES string of the molecule is CC(C)(C)[Si](OCCc1cccc(C(N)=O)c1)(c1ccccc1)c1ccccc1. The average Bonchev–Trinajstić information content (AvgIpc) is 2.72. The molecule has 150 valence electrons. The minimum atomic E-state index is -2.53. The van der Waals surface area contributed by atoms with E-state index in [1.807, 2.05) is 30.3 Å². The lowest BCUT2D eigenvalue weighted by Crippen LogP contribution is -2.66. The fraction of sp³-hybridized carbons (Fsp3) is 0.240. The van der Waals surface area contributed by atoms with Gasteiger partial charge in [-0.15, -0.1) is 0 Å². The van der Waals surface area contributed by atoms with E-state index in [9.17, 15) is 4.79 Å². The zero-order valence-electron chi connectivity index (χ0n) is 17.4. The van der Waals surface area contributed by atoms with Gasteiger partial charge in [0.15, 0.2) is 0 Å². The third kappa shape index (κ3) is 4.49. The summed E-state index contributed by atoms with van der Waals surface area (Å²) >= 11 is 0. The number of hydrogen-bond acceptors (Lipinski definition) is 2. The first-order chi connectivity index (χ1) is 13.8. The van der Waals surface area contributed by atoms with Crippen molar-refractivity contribution in [3.05, 3.63) is 96.1 Å². The Morgan fingerprint density at radius 2 is 1.41 bits per heavy atom. The van der Waals surface area contributed by atoms with Crippen LogP contribution in [0.2, 0.25) is 5.04 Å². The van der Waals surface area contributed by atoms with Crippen molar-refractivity contribution in [2.75, 3.05) is 6.61 Å². The first kappa shape index (κ1) is 21.0. The van der Waals surface area contributed by atoms with Gasteiger partial charge < -0.3 is 10.2 Å². The van der Waals surface area contributed by atoms with Crippen LogP contribution in [-0.4, -0.2) is 20.8 Å². The molecule has 3 nitrogen and oxygen atoms in total. The third-order valence-corrected chi connectivity index (χ3v) is 10.4. The molecule has 0 saturated heterocycles. The molecular weight excluding hydrogens is 374 g/mol. The van der Waals surface area contributed by atoms with Crippen LogP contribution in [0.1, 0.15) is 36.7 Å². The molecule has 0 heterocycles. The molecule has 3 rings (SSSR count). The second kappa shape index (κ2) is 8.76. The summed E-state index contributed by atoms with van der Waals surface area (Å²) in [6.07, 6.45) is 0.728. The van der Waals surface area contributed by atoms with Crippen LogP contribution in [0, 0.1) is 0 Å². The molecule has 3 aromatic carbocycles. The molecule has 3 aromatic rings. The molecule has 29 heavy (non-hydrogen) atoms. The molecule has 0 bridgehead atoms. The van der Waals surface area contributed by atoms with Gasteiger partial charge in [-0.25, -0.2) is 0 Å². The standard InChI is InChI=1S/C25H29NO2Si/c1-25(2,3)29(22-13-6-4-7-14-22,23-15-8-5-9-16-23)28-18-17-20-11-10-12-21(19-20)24(26)27/h4-16,19H,17-18H2,1-3H3,(H2,26,27). The van der Waals surface area contributed by atoms with Crippen LogP contribution in [0.25, 0.3) is 0 Å². The second-order valence-electron chi connectivity index (χ2n) is 8.33. The molecule has 0 saturated carbocycles. The highest BCUT2D eigenvalue weighted by atomic mass is 28.4. The molecule has 0 aromatic heterocycles. The maximum absolute atomic E-state index is 11.5. The van der Waals surface area contributed by atoms with Gasteiger partial charge in [0.2, 0.25) is 5.91 Å².